The molecule has 1 N–H and O–H groups in total. The number of aryl methyl sites for hydroxylation is 1. The summed E-state index contributed by atoms with van der Waals surface area (Å²) >= 11 is 4.74. The van der Waals surface area contributed by atoms with Crippen molar-refractivity contribution in [2.45, 2.75) is 27.4 Å². The zero-order chi connectivity index (χ0) is 16.3. The van der Waals surface area contributed by atoms with Crippen LogP contribution < -0.4 is 5.32 Å². The van der Waals surface area contributed by atoms with Crippen molar-refractivity contribution in [2.75, 3.05) is 5.32 Å². The summed E-state index contributed by atoms with van der Waals surface area (Å²) in [5.74, 6) is -0.628. The molecule has 0 radical (unpaired) electrons. The number of rotatable bonds is 4. The average molecular weight is 382 g/mol. The standard InChI is InChI=1S/C16H16BrNO3S/c1-9-10(2)22-15(18-11(3)19)14(9)16(20)21-8-12-4-6-13(17)7-5-12/h4-7H,8H2,1-3H3,(H,18,19). The largest absolute Gasteiger partial charge is 0.457 e. The molecule has 0 unspecified atom stereocenters. The number of nitrogens with one attached hydrogen (secondary N) is 1. The normalized spacial score (nSPS) is 10.4. The number of hydrogen-bond acceptors (Lipinski definition) is 4. The molecule has 0 aliphatic heterocycles. The molecule has 1 aromatic carbocycles. The molecular formula is C16H16BrNO3S. The fourth-order valence-electron chi connectivity index (χ4n) is 1.92. The van der Waals surface area contributed by atoms with Crippen LogP contribution in [0.4, 0.5) is 5.00 Å². The third kappa shape index (κ3) is 3.96. The number of ether oxygens (including phenoxy) is 1. The van der Waals surface area contributed by atoms with Gasteiger partial charge in [0.1, 0.15) is 11.6 Å². The topological polar surface area (TPSA) is 55.4 Å². The predicted molar refractivity (Wildman–Crippen MR) is 91.4 cm³/mol. The fraction of sp³-hybridized carbons (Fsp3) is 0.250. The van der Waals surface area contributed by atoms with E-state index in [0.717, 1.165) is 20.5 Å². The summed E-state index contributed by atoms with van der Waals surface area (Å²) < 4.78 is 6.34. The predicted octanol–water partition coefficient (Wildman–Crippen LogP) is 4.44. The van der Waals surface area contributed by atoms with E-state index >= 15 is 0 Å². The zero-order valence-corrected chi connectivity index (χ0v) is 14.9. The number of benzene rings is 1. The first kappa shape index (κ1) is 16.7. The van der Waals surface area contributed by atoms with Gasteiger partial charge in [-0.15, -0.1) is 11.3 Å². The minimum absolute atomic E-state index is 0.194. The van der Waals surface area contributed by atoms with E-state index in [1.54, 1.807) is 0 Å². The van der Waals surface area contributed by atoms with Crippen molar-refractivity contribution in [1.29, 1.82) is 0 Å². The Kier molecular flexibility index (Phi) is 5.37. The second-order valence-corrected chi connectivity index (χ2v) is 7.01. The molecule has 116 valence electrons. The monoisotopic (exact) mass is 381 g/mol. The van der Waals surface area contributed by atoms with E-state index in [-0.39, 0.29) is 12.5 Å². The molecule has 2 rings (SSSR count). The first-order valence-electron chi connectivity index (χ1n) is 6.67. The van der Waals surface area contributed by atoms with E-state index in [9.17, 15) is 9.59 Å². The van der Waals surface area contributed by atoms with Crippen molar-refractivity contribution in [3.05, 3.63) is 50.3 Å². The molecule has 1 amide bonds. The first-order chi connectivity index (χ1) is 10.4. The van der Waals surface area contributed by atoms with Crippen LogP contribution in [-0.4, -0.2) is 11.9 Å². The molecule has 2 aromatic rings. The van der Waals surface area contributed by atoms with Gasteiger partial charge in [0.2, 0.25) is 5.91 Å². The minimum Gasteiger partial charge on any atom is -0.457 e. The molecule has 0 atom stereocenters. The highest BCUT2D eigenvalue weighted by molar-refractivity contribution is 9.10. The Bertz CT molecular complexity index is 707. The van der Waals surface area contributed by atoms with Crippen molar-refractivity contribution >= 4 is 44.1 Å². The van der Waals surface area contributed by atoms with Gasteiger partial charge in [0, 0.05) is 16.3 Å². The molecule has 0 bridgehead atoms. The van der Waals surface area contributed by atoms with E-state index < -0.39 is 5.97 Å². The third-order valence-corrected chi connectivity index (χ3v) is 4.81. The van der Waals surface area contributed by atoms with E-state index in [0.29, 0.717) is 10.6 Å². The van der Waals surface area contributed by atoms with Crippen molar-refractivity contribution in [3.63, 3.8) is 0 Å². The number of halogens is 1. The van der Waals surface area contributed by atoms with E-state index in [1.807, 2.05) is 38.1 Å². The molecular weight excluding hydrogens is 366 g/mol. The lowest BCUT2D eigenvalue weighted by atomic mass is 10.1. The van der Waals surface area contributed by atoms with Crippen LogP contribution in [0.1, 0.15) is 33.3 Å². The van der Waals surface area contributed by atoms with Crippen LogP contribution in [0.2, 0.25) is 0 Å². The van der Waals surface area contributed by atoms with Crippen molar-refractivity contribution in [2.24, 2.45) is 0 Å². The van der Waals surface area contributed by atoms with Crippen LogP contribution in [-0.2, 0) is 16.1 Å². The molecule has 0 aliphatic carbocycles. The van der Waals surface area contributed by atoms with Crippen LogP contribution in [0.15, 0.2) is 28.7 Å². The lowest BCUT2D eigenvalue weighted by Crippen LogP contribution is -2.11. The summed E-state index contributed by atoms with van der Waals surface area (Å²) in [6.45, 7) is 5.38. The van der Waals surface area contributed by atoms with Crippen molar-refractivity contribution in [1.82, 2.24) is 0 Å². The molecule has 0 spiro atoms. The average Bonchev–Trinajstić information content (AvgIpc) is 2.72. The van der Waals surface area contributed by atoms with Crippen LogP contribution in [0.5, 0.6) is 0 Å². The number of esters is 1. The van der Waals surface area contributed by atoms with Gasteiger partial charge in [-0.2, -0.15) is 0 Å². The fourth-order valence-corrected chi connectivity index (χ4v) is 3.28. The Labute approximate surface area is 141 Å². The lowest BCUT2D eigenvalue weighted by Gasteiger charge is -2.07. The Hall–Kier alpha value is -1.66. The zero-order valence-electron chi connectivity index (χ0n) is 12.5. The van der Waals surface area contributed by atoms with Gasteiger partial charge in [-0.1, -0.05) is 28.1 Å². The number of anilines is 1. The van der Waals surface area contributed by atoms with Gasteiger partial charge in [0.15, 0.2) is 0 Å². The lowest BCUT2D eigenvalue weighted by molar-refractivity contribution is -0.114. The second kappa shape index (κ2) is 7.07. The molecule has 0 saturated heterocycles. The number of thiophene rings is 1. The summed E-state index contributed by atoms with van der Waals surface area (Å²) in [6.07, 6.45) is 0. The van der Waals surface area contributed by atoms with Crippen molar-refractivity contribution < 1.29 is 14.3 Å². The van der Waals surface area contributed by atoms with Crippen molar-refractivity contribution in [3.8, 4) is 0 Å². The van der Waals surface area contributed by atoms with Gasteiger partial charge in [-0.25, -0.2) is 4.79 Å². The van der Waals surface area contributed by atoms with Crippen LogP contribution in [0.3, 0.4) is 0 Å². The molecule has 1 heterocycles. The van der Waals surface area contributed by atoms with E-state index in [2.05, 4.69) is 21.2 Å². The maximum Gasteiger partial charge on any atom is 0.341 e. The maximum absolute atomic E-state index is 12.3. The van der Waals surface area contributed by atoms with E-state index in [1.165, 1.54) is 18.3 Å². The molecule has 1 aromatic heterocycles. The quantitative estimate of drug-likeness (QED) is 0.796. The summed E-state index contributed by atoms with van der Waals surface area (Å²) in [5.41, 5.74) is 2.19. The Morgan fingerprint density at radius 3 is 2.45 bits per heavy atom. The highest BCUT2D eigenvalue weighted by atomic mass is 79.9. The molecule has 6 heteroatoms. The number of amides is 1. The number of hydrogen-bond donors (Lipinski definition) is 1. The molecule has 22 heavy (non-hydrogen) atoms. The summed E-state index contributed by atoms with van der Waals surface area (Å²) in [5, 5.41) is 3.24. The number of carbonyl (C=O) groups excluding carboxylic acids is 2. The summed E-state index contributed by atoms with van der Waals surface area (Å²) in [4.78, 5) is 24.6. The van der Waals surface area contributed by atoms with Gasteiger partial charge in [0.25, 0.3) is 0 Å². The van der Waals surface area contributed by atoms with E-state index in [4.69, 9.17) is 4.74 Å². The second-order valence-electron chi connectivity index (χ2n) is 4.87. The van der Waals surface area contributed by atoms with Crippen LogP contribution in [0, 0.1) is 13.8 Å². The molecule has 0 aliphatic rings. The maximum atomic E-state index is 12.3. The SMILES string of the molecule is CC(=O)Nc1sc(C)c(C)c1C(=O)OCc1ccc(Br)cc1. The third-order valence-electron chi connectivity index (χ3n) is 3.16. The van der Waals surface area contributed by atoms with Crippen LogP contribution >= 0.6 is 27.3 Å². The van der Waals surface area contributed by atoms with Gasteiger partial charge < -0.3 is 10.1 Å². The molecule has 0 saturated carbocycles. The Balaban J connectivity index is 2.15. The first-order valence-corrected chi connectivity index (χ1v) is 8.28. The Morgan fingerprint density at radius 1 is 1.23 bits per heavy atom. The summed E-state index contributed by atoms with van der Waals surface area (Å²) in [7, 11) is 0. The highest BCUT2D eigenvalue weighted by Crippen LogP contribution is 2.33. The smallest absolute Gasteiger partial charge is 0.341 e. The summed E-state index contributed by atoms with van der Waals surface area (Å²) in [6, 6.07) is 7.56. The van der Waals surface area contributed by atoms with Crippen LogP contribution in [0.25, 0.3) is 0 Å². The van der Waals surface area contributed by atoms with Gasteiger partial charge in [-0.05, 0) is 37.1 Å². The molecule has 4 nitrogen and oxygen atoms in total. The highest BCUT2D eigenvalue weighted by Gasteiger charge is 2.21. The molecule has 0 fully saturated rings. The number of carbonyl (C=O) groups is 2. The van der Waals surface area contributed by atoms with Gasteiger partial charge >= 0.3 is 5.97 Å². The Morgan fingerprint density at radius 2 is 1.86 bits per heavy atom. The van der Waals surface area contributed by atoms with Gasteiger partial charge in [0.05, 0.1) is 5.56 Å². The minimum atomic E-state index is -0.423. The van der Waals surface area contributed by atoms with Gasteiger partial charge in [-0.3, -0.25) is 4.79 Å².